The minimum Gasteiger partial charge on any atom is -0.459 e. The van der Waals surface area contributed by atoms with Crippen molar-refractivity contribution in [3.63, 3.8) is 0 Å². The molecule has 2 N–H and O–H groups in total. The highest BCUT2D eigenvalue weighted by atomic mass is 19.4. The molecule has 1 aromatic heterocycles. The van der Waals surface area contributed by atoms with E-state index in [0.29, 0.717) is 16.7 Å². The van der Waals surface area contributed by atoms with E-state index in [1.54, 1.807) is 19.9 Å². The maximum Gasteiger partial charge on any atom is 0.416 e. The third kappa shape index (κ3) is 2.29. The summed E-state index contributed by atoms with van der Waals surface area (Å²) in [5.41, 5.74) is 4.84. The Labute approximate surface area is 96.2 Å². The van der Waals surface area contributed by atoms with Gasteiger partial charge >= 0.3 is 6.18 Å². The van der Waals surface area contributed by atoms with Crippen LogP contribution >= 0.6 is 0 Å². The number of fused-ring (bicyclic) bond motifs is 1. The second kappa shape index (κ2) is 3.50. The van der Waals surface area contributed by atoms with E-state index in [2.05, 4.69) is 0 Å². The Morgan fingerprint density at radius 1 is 1.12 bits per heavy atom. The van der Waals surface area contributed by atoms with Crippen LogP contribution < -0.4 is 5.73 Å². The van der Waals surface area contributed by atoms with Crippen LogP contribution in [0.4, 0.5) is 13.2 Å². The summed E-state index contributed by atoms with van der Waals surface area (Å²) in [5, 5.41) is 0.411. The standard InChI is InChI=1S/C12H12F3NO/c1-11(2,16)10-6-7-5-8(12(13,14)15)3-4-9(7)17-10/h3-6H,16H2,1-2H3. The predicted molar refractivity (Wildman–Crippen MR) is 58.4 cm³/mol. The zero-order chi connectivity index (χ0) is 12.8. The second-order valence-corrected chi connectivity index (χ2v) is 4.58. The summed E-state index contributed by atoms with van der Waals surface area (Å²) in [6, 6.07) is 4.92. The molecule has 1 heterocycles. The number of benzene rings is 1. The van der Waals surface area contributed by atoms with Gasteiger partial charge < -0.3 is 10.2 Å². The van der Waals surface area contributed by atoms with Gasteiger partial charge in [-0.1, -0.05) is 0 Å². The van der Waals surface area contributed by atoms with Gasteiger partial charge in [-0.3, -0.25) is 0 Å². The molecular formula is C12H12F3NO. The molecule has 17 heavy (non-hydrogen) atoms. The van der Waals surface area contributed by atoms with Crippen LogP contribution in [0.25, 0.3) is 11.0 Å². The van der Waals surface area contributed by atoms with Crippen LogP contribution in [0.5, 0.6) is 0 Å². The SMILES string of the molecule is CC(C)(N)c1cc2cc(C(F)(F)F)ccc2o1. The molecule has 0 saturated heterocycles. The van der Waals surface area contributed by atoms with Crippen LogP contribution in [0.15, 0.2) is 28.7 Å². The number of hydrogen-bond acceptors (Lipinski definition) is 2. The van der Waals surface area contributed by atoms with Gasteiger partial charge in [0, 0.05) is 5.39 Å². The lowest BCUT2D eigenvalue weighted by atomic mass is 10.0. The van der Waals surface area contributed by atoms with Crippen LogP contribution in [0, 0.1) is 0 Å². The largest absolute Gasteiger partial charge is 0.459 e. The second-order valence-electron chi connectivity index (χ2n) is 4.58. The van der Waals surface area contributed by atoms with Crippen molar-refractivity contribution in [1.29, 1.82) is 0 Å². The summed E-state index contributed by atoms with van der Waals surface area (Å²) in [4.78, 5) is 0. The molecule has 0 saturated carbocycles. The Morgan fingerprint density at radius 2 is 1.76 bits per heavy atom. The number of rotatable bonds is 1. The molecule has 0 aliphatic heterocycles. The first kappa shape index (κ1) is 12.0. The monoisotopic (exact) mass is 243 g/mol. The van der Waals surface area contributed by atoms with E-state index >= 15 is 0 Å². The quantitative estimate of drug-likeness (QED) is 0.830. The third-order valence-electron chi connectivity index (χ3n) is 2.48. The van der Waals surface area contributed by atoms with Crippen molar-refractivity contribution in [2.24, 2.45) is 5.73 Å². The normalized spacial score (nSPS) is 13.3. The van der Waals surface area contributed by atoms with Crippen molar-refractivity contribution in [1.82, 2.24) is 0 Å². The molecule has 2 aromatic rings. The molecule has 0 fully saturated rings. The lowest BCUT2D eigenvalue weighted by molar-refractivity contribution is -0.137. The molecule has 5 heteroatoms. The summed E-state index contributed by atoms with van der Waals surface area (Å²) in [7, 11) is 0. The molecule has 0 bridgehead atoms. The van der Waals surface area contributed by atoms with Gasteiger partial charge in [0.15, 0.2) is 0 Å². The molecule has 2 rings (SSSR count). The van der Waals surface area contributed by atoms with E-state index in [4.69, 9.17) is 10.2 Å². The topological polar surface area (TPSA) is 39.2 Å². The number of nitrogens with two attached hydrogens (primary N) is 1. The average Bonchev–Trinajstić information content (AvgIpc) is 2.57. The maximum absolute atomic E-state index is 12.5. The lowest BCUT2D eigenvalue weighted by Gasteiger charge is -2.13. The summed E-state index contributed by atoms with van der Waals surface area (Å²) in [6.45, 7) is 3.46. The molecule has 0 atom stereocenters. The molecule has 1 aromatic carbocycles. The van der Waals surface area contributed by atoms with Gasteiger partial charge in [-0.15, -0.1) is 0 Å². The highest BCUT2D eigenvalue weighted by Crippen LogP contribution is 2.33. The van der Waals surface area contributed by atoms with E-state index in [1.807, 2.05) is 0 Å². The van der Waals surface area contributed by atoms with Gasteiger partial charge in [-0.05, 0) is 38.1 Å². The summed E-state index contributed by atoms with van der Waals surface area (Å²) >= 11 is 0. The van der Waals surface area contributed by atoms with Gasteiger partial charge in [0.2, 0.25) is 0 Å². The fraction of sp³-hybridized carbons (Fsp3) is 0.333. The molecule has 0 aliphatic rings. The smallest absolute Gasteiger partial charge is 0.416 e. The average molecular weight is 243 g/mol. The first-order chi connectivity index (χ1) is 7.68. The predicted octanol–water partition coefficient (Wildman–Crippen LogP) is 3.65. The van der Waals surface area contributed by atoms with Gasteiger partial charge in [-0.2, -0.15) is 13.2 Å². The van der Waals surface area contributed by atoms with Crippen LogP contribution in [-0.4, -0.2) is 0 Å². The molecule has 0 aliphatic carbocycles. The minimum atomic E-state index is -4.34. The first-order valence-electron chi connectivity index (χ1n) is 5.08. The van der Waals surface area contributed by atoms with Crippen molar-refractivity contribution in [3.8, 4) is 0 Å². The molecule has 0 amide bonds. The summed E-state index contributed by atoms with van der Waals surface area (Å²) < 4.78 is 42.9. The van der Waals surface area contributed by atoms with Crippen LogP contribution in [0.3, 0.4) is 0 Å². The Morgan fingerprint density at radius 3 is 2.29 bits per heavy atom. The van der Waals surface area contributed by atoms with E-state index in [-0.39, 0.29) is 0 Å². The van der Waals surface area contributed by atoms with Crippen molar-refractivity contribution >= 4 is 11.0 Å². The zero-order valence-electron chi connectivity index (χ0n) is 9.43. The first-order valence-corrected chi connectivity index (χ1v) is 5.08. The molecule has 0 radical (unpaired) electrons. The van der Waals surface area contributed by atoms with Crippen LogP contribution in [0.1, 0.15) is 25.2 Å². The van der Waals surface area contributed by atoms with E-state index in [1.165, 1.54) is 6.07 Å². The van der Waals surface area contributed by atoms with Crippen LogP contribution in [0.2, 0.25) is 0 Å². The van der Waals surface area contributed by atoms with Gasteiger partial charge in [0.1, 0.15) is 11.3 Å². The van der Waals surface area contributed by atoms with Crippen molar-refractivity contribution in [2.75, 3.05) is 0 Å². The van der Waals surface area contributed by atoms with Crippen molar-refractivity contribution < 1.29 is 17.6 Å². The lowest BCUT2D eigenvalue weighted by Crippen LogP contribution is -2.27. The minimum absolute atomic E-state index is 0.409. The van der Waals surface area contributed by atoms with Gasteiger partial charge in [0.05, 0.1) is 11.1 Å². The fourth-order valence-electron chi connectivity index (χ4n) is 1.54. The van der Waals surface area contributed by atoms with Crippen molar-refractivity contribution in [3.05, 3.63) is 35.6 Å². The third-order valence-corrected chi connectivity index (χ3v) is 2.48. The Bertz CT molecular complexity index is 537. The molecule has 0 spiro atoms. The van der Waals surface area contributed by atoms with E-state index in [0.717, 1.165) is 12.1 Å². The Kier molecular flexibility index (Phi) is 2.47. The zero-order valence-corrected chi connectivity index (χ0v) is 9.43. The van der Waals surface area contributed by atoms with Gasteiger partial charge in [-0.25, -0.2) is 0 Å². The molecule has 92 valence electrons. The van der Waals surface area contributed by atoms with Gasteiger partial charge in [0.25, 0.3) is 0 Å². The number of furan rings is 1. The van der Waals surface area contributed by atoms with E-state index in [9.17, 15) is 13.2 Å². The highest BCUT2D eigenvalue weighted by molar-refractivity contribution is 5.79. The number of alkyl halides is 3. The van der Waals surface area contributed by atoms with E-state index < -0.39 is 17.3 Å². The van der Waals surface area contributed by atoms with Crippen molar-refractivity contribution in [2.45, 2.75) is 25.6 Å². The number of halogens is 3. The summed E-state index contributed by atoms with van der Waals surface area (Å²) in [6.07, 6.45) is -4.34. The highest BCUT2D eigenvalue weighted by Gasteiger charge is 2.31. The molecule has 0 unspecified atom stereocenters. The number of hydrogen-bond donors (Lipinski definition) is 1. The molecular weight excluding hydrogens is 231 g/mol. The molecule has 2 nitrogen and oxygen atoms in total. The van der Waals surface area contributed by atoms with Crippen LogP contribution in [-0.2, 0) is 11.7 Å². The Balaban J connectivity index is 2.56. The fourth-order valence-corrected chi connectivity index (χ4v) is 1.54. The maximum atomic E-state index is 12.5. The summed E-state index contributed by atoms with van der Waals surface area (Å²) in [5.74, 6) is 0.465. The Hall–Kier alpha value is -1.49.